The average Bonchev–Trinajstić information content (AvgIpc) is 4.03. The fourth-order valence-electron chi connectivity index (χ4n) is 11.6. The Kier molecular flexibility index (Phi) is 5.46. The number of hydrogen-bond donors (Lipinski definition) is 0. The van der Waals surface area contributed by atoms with E-state index in [1.807, 2.05) is 0 Å². The second kappa shape index (κ2) is 10.6. The van der Waals surface area contributed by atoms with Crippen molar-refractivity contribution in [1.82, 2.24) is 18.3 Å². The molecule has 9 aromatic carbocycles. The maximum absolute atomic E-state index is 2.59. The zero-order valence-corrected chi connectivity index (χ0v) is 31.8. The summed E-state index contributed by atoms with van der Waals surface area (Å²) in [7, 11) is 0. The van der Waals surface area contributed by atoms with E-state index in [0.717, 1.165) is 0 Å². The Balaban J connectivity index is 1.20. The molecule has 0 N–H and O–H groups in total. The SMILES string of the molecule is c1ccc(-n2c3ccccc3c3cc4c5c(c6ccccc6n5-c5cccc6c5B4c4cc5c7ccccc7n(-c7ccccc7)c5c5c7ccccc7n-6c45)c32)cc1. The molecule has 15 rings (SSSR count). The molecule has 0 saturated heterocycles. The minimum Gasteiger partial charge on any atom is -0.310 e. The highest BCUT2D eigenvalue weighted by Gasteiger charge is 2.42. The van der Waals surface area contributed by atoms with Gasteiger partial charge in [0.15, 0.2) is 0 Å². The van der Waals surface area contributed by atoms with Crippen LogP contribution in [0.4, 0.5) is 0 Å². The predicted molar refractivity (Wildman–Crippen MR) is 248 cm³/mol. The van der Waals surface area contributed by atoms with Gasteiger partial charge >= 0.3 is 0 Å². The molecule has 0 aliphatic carbocycles. The van der Waals surface area contributed by atoms with Crippen molar-refractivity contribution in [2.75, 3.05) is 0 Å². The van der Waals surface area contributed by atoms with Gasteiger partial charge in [-0.2, -0.15) is 0 Å². The molecule has 6 heterocycles. The molecule has 0 fully saturated rings. The molecule has 0 spiro atoms. The summed E-state index contributed by atoms with van der Waals surface area (Å²) in [4.78, 5) is 0. The molecule has 5 heteroatoms. The van der Waals surface area contributed by atoms with E-state index in [4.69, 9.17) is 0 Å². The highest BCUT2D eigenvalue weighted by atomic mass is 15.1. The Morgan fingerprint density at radius 2 is 0.661 bits per heavy atom. The molecule has 2 aliphatic rings. The zero-order chi connectivity index (χ0) is 38.1. The van der Waals surface area contributed by atoms with Crippen molar-refractivity contribution in [3.63, 3.8) is 0 Å². The van der Waals surface area contributed by atoms with Gasteiger partial charge in [0.05, 0.1) is 44.1 Å². The summed E-state index contributed by atoms with van der Waals surface area (Å²) >= 11 is 0. The van der Waals surface area contributed by atoms with Crippen LogP contribution in [0.3, 0.4) is 0 Å². The summed E-state index contributed by atoms with van der Waals surface area (Å²) in [6.07, 6.45) is 0. The first kappa shape index (κ1) is 30.4. The van der Waals surface area contributed by atoms with E-state index in [0.29, 0.717) is 0 Å². The number of para-hydroxylation sites is 6. The van der Waals surface area contributed by atoms with Crippen molar-refractivity contribution in [3.8, 4) is 22.7 Å². The number of rotatable bonds is 2. The molecule has 2 aliphatic heterocycles. The van der Waals surface area contributed by atoms with Crippen LogP contribution >= 0.6 is 0 Å². The van der Waals surface area contributed by atoms with Gasteiger partial charge in [0, 0.05) is 65.8 Å². The number of nitrogens with zero attached hydrogens (tertiary/aromatic N) is 4. The van der Waals surface area contributed by atoms with Crippen molar-refractivity contribution in [2.45, 2.75) is 0 Å². The van der Waals surface area contributed by atoms with E-state index in [2.05, 4.69) is 206 Å². The van der Waals surface area contributed by atoms with Gasteiger partial charge in [-0.1, -0.05) is 127 Å². The molecule has 0 amide bonds. The van der Waals surface area contributed by atoms with Crippen molar-refractivity contribution < 1.29 is 0 Å². The first-order valence-electron chi connectivity index (χ1n) is 20.6. The first-order chi connectivity index (χ1) is 29.3. The van der Waals surface area contributed by atoms with Crippen molar-refractivity contribution in [2.24, 2.45) is 0 Å². The Bertz CT molecular complexity index is 3750. The third-order valence-electron chi connectivity index (χ3n) is 13.7. The topological polar surface area (TPSA) is 19.7 Å². The maximum Gasteiger partial charge on any atom is 0.252 e. The van der Waals surface area contributed by atoms with E-state index in [-0.39, 0.29) is 6.71 Å². The van der Waals surface area contributed by atoms with Crippen molar-refractivity contribution in [1.29, 1.82) is 0 Å². The molecular weight excluding hydrogens is 715 g/mol. The highest BCUT2D eigenvalue weighted by molar-refractivity contribution is 7.00. The largest absolute Gasteiger partial charge is 0.310 e. The minimum absolute atomic E-state index is 0.00583. The maximum atomic E-state index is 2.59. The van der Waals surface area contributed by atoms with E-state index in [9.17, 15) is 0 Å². The van der Waals surface area contributed by atoms with Crippen LogP contribution in [0.5, 0.6) is 0 Å². The van der Waals surface area contributed by atoms with Gasteiger partial charge in [0.1, 0.15) is 0 Å². The normalized spacial score (nSPS) is 13.1. The van der Waals surface area contributed by atoms with Gasteiger partial charge in [-0.05, 0) is 77.1 Å². The summed E-state index contributed by atoms with van der Waals surface area (Å²) < 4.78 is 10.2. The molecule has 59 heavy (non-hydrogen) atoms. The molecule has 270 valence electrons. The van der Waals surface area contributed by atoms with Crippen LogP contribution in [0.1, 0.15) is 0 Å². The number of hydrogen-bond acceptors (Lipinski definition) is 0. The lowest BCUT2D eigenvalue weighted by Gasteiger charge is -2.34. The van der Waals surface area contributed by atoms with Crippen LogP contribution in [0.25, 0.3) is 110 Å². The third-order valence-corrected chi connectivity index (χ3v) is 13.7. The van der Waals surface area contributed by atoms with Crippen LogP contribution < -0.4 is 16.4 Å². The van der Waals surface area contributed by atoms with Crippen molar-refractivity contribution in [3.05, 3.63) is 188 Å². The lowest BCUT2D eigenvalue weighted by molar-refractivity contribution is 1.14. The van der Waals surface area contributed by atoms with Crippen LogP contribution in [0.15, 0.2) is 188 Å². The molecule has 4 aromatic heterocycles. The van der Waals surface area contributed by atoms with Gasteiger partial charge < -0.3 is 18.3 Å². The lowest BCUT2D eigenvalue weighted by Crippen LogP contribution is -2.59. The van der Waals surface area contributed by atoms with Gasteiger partial charge in [0.25, 0.3) is 6.71 Å². The summed E-state index contributed by atoms with van der Waals surface area (Å²) in [5.74, 6) is 0. The summed E-state index contributed by atoms with van der Waals surface area (Å²) in [6, 6.07) is 70.1. The Hall–Kier alpha value is -7.76. The fraction of sp³-hybridized carbons (Fsp3) is 0. The van der Waals surface area contributed by atoms with E-state index < -0.39 is 0 Å². The molecule has 0 unspecified atom stereocenters. The summed E-state index contributed by atoms with van der Waals surface area (Å²) in [5, 5.41) is 10.3. The van der Waals surface area contributed by atoms with Gasteiger partial charge in [-0.15, -0.1) is 0 Å². The third kappa shape index (κ3) is 3.52. The van der Waals surface area contributed by atoms with E-state index in [1.165, 1.54) is 126 Å². The Labute approximate surface area is 338 Å². The second-order valence-corrected chi connectivity index (χ2v) is 16.4. The lowest BCUT2D eigenvalue weighted by atomic mass is 9.34. The van der Waals surface area contributed by atoms with Crippen LogP contribution in [0.2, 0.25) is 0 Å². The predicted octanol–water partition coefficient (Wildman–Crippen LogP) is 11.2. The average molecular weight is 747 g/mol. The molecule has 0 atom stereocenters. The molecule has 0 bridgehead atoms. The zero-order valence-electron chi connectivity index (χ0n) is 31.8. The Morgan fingerprint density at radius 1 is 0.288 bits per heavy atom. The molecular formula is C54H31BN4. The van der Waals surface area contributed by atoms with Crippen LogP contribution in [-0.4, -0.2) is 25.0 Å². The standard InChI is InChI=1S/C54H31BN4/c1-3-16-32(17-4-1)56-42-24-11-7-20-34(42)38-30-40-53-48(51(38)56)36-22-9-13-26-44(36)58(53)46-28-15-29-47-50(46)55(40)41-31-39-35-21-8-12-25-43(35)57(33-18-5-2-6-19-33)52(39)49-37-23-10-14-27-45(37)59(47)54(41)49/h1-31H. The Morgan fingerprint density at radius 3 is 1.10 bits per heavy atom. The quantitative estimate of drug-likeness (QED) is 0.157. The van der Waals surface area contributed by atoms with Crippen LogP contribution in [0, 0.1) is 0 Å². The number of fused-ring (bicyclic) bond motifs is 18. The fourth-order valence-corrected chi connectivity index (χ4v) is 11.6. The van der Waals surface area contributed by atoms with Crippen molar-refractivity contribution >= 4 is 110 Å². The number of benzene rings is 9. The van der Waals surface area contributed by atoms with Gasteiger partial charge in [-0.25, -0.2) is 0 Å². The smallest absolute Gasteiger partial charge is 0.252 e. The highest BCUT2D eigenvalue weighted by Crippen LogP contribution is 2.46. The first-order valence-corrected chi connectivity index (χ1v) is 20.6. The molecule has 0 radical (unpaired) electrons. The summed E-state index contributed by atoms with van der Waals surface area (Å²) in [6.45, 7) is 0.00583. The minimum atomic E-state index is 0.00583. The molecule has 0 saturated carbocycles. The van der Waals surface area contributed by atoms with Gasteiger partial charge in [0.2, 0.25) is 0 Å². The van der Waals surface area contributed by atoms with E-state index in [1.54, 1.807) is 0 Å². The van der Waals surface area contributed by atoms with Crippen LogP contribution in [-0.2, 0) is 0 Å². The van der Waals surface area contributed by atoms with E-state index >= 15 is 0 Å². The molecule has 4 nitrogen and oxygen atoms in total. The monoisotopic (exact) mass is 746 g/mol. The van der Waals surface area contributed by atoms with Gasteiger partial charge in [-0.3, -0.25) is 0 Å². The number of aromatic nitrogens is 4. The second-order valence-electron chi connectivity index (χ2n) is 16.4. The molecule has 13 aromatic rings. The summed E-state index contributed by atoms with van der Waals surface area (Å²) in [5.41, 5.74) is 19.0.